The van der Waals surface area contributed by atoms with Gasteiger partial charge in [0.1, 0.15) is 17.2 Å². The molecule has 3 aromatic rings. The summed E-state index contributed by atoms with van der Waals surface area (Å²) >= 11 is 0. The van der Waals surface area contributed by atoms with Crippen molar-refractivity contribution in [1.29, 1.82) is 5.41 Å². The van der Waals surface area contributed by atoms with Gasteiger partial charge in [0, 0.05) is 32.7 Å². The molecule has 0 radical (unpaired) electrons. The summed E-state index contributed by atoms with van der Waals surface area (Å²) in [6, 6.07) is 15.8. The second-order valence-electron chi connectivity index (χ2n) is 9.18. The van der Waals surface area contributed by atoms with Gasteiger partial charge in [-0.05, 0) is 75.2 Å². The van der Waals surface area contributed by atoms with Gasteiger partial charge >= 0.3 is 0 Å². The monoisotopic (exact) mass is 473 g/mol. The fourth-order valence-electron chi connectivity index (χ4n) is 4.51. The number of nitrogens with zero attached hydrogens (tertiary/aromatic N) is 2. The zero-order valence-electron chi connectivity index (χ0n) is 20.8. The number of aryl methyl sites for hydroxylation is 1. The number of piperidine rings is 1. The number of carbonyl (C=O) groups is 1. The van der Waals surface area contributed by atoms with Crippen molar-refractivity contribution in [3.8, 4) is 22.6 Å². The van der Waals surface area contributed by atoms with Crippen LogP contribution in [0.1, 0.15) is 42.8 Å². The smallest absolute Gasteiger partial charge is 0.251 e. The van der Waals surface area contributed by atoms with Crippen LogP contribution in [0.5, 0.6) is 11.5 Å². The first-order valence-corrected chi connectivity index (χ1v) is 12.0. The third-order valence-corrected chi connectivity index (χ3v) is 6.32. The van der Waals surface area contributed by atoms with Gasteiger partial charge < -0.3 is 25.7 Å². The summed E-state index contributed by atoms with van der Waals surface area (Å²) in [5.74, 6) is 1.27. The highest BCUT2D eigenvalue weighted by atomic mass is 16.5. The van der Waals surface area contributed by atoms with Gasteiger partial charge in [-0.2, -0.15) is 0 Å². The van der Waals surface area contributed by atoms with Crippen LogP contribution in [-0.4, -0.2) is 54.7 Å². The Labute approximate surface area is 208 Å². The van der Waals surface area contributed by atoms with Crippen LogP contribution < -0.4 is 15.4 Å². The molecule has 35 heavy (non-hydrogen) atoms. The van der Waals surface area contributed by atoms with Crippen molar-refractivity contribution in [3.05, 3.63) is 71.5 Å². The summed E-state index contributed by atoms with van der Waals surface area (Å²) in [6.45, 7) is 5.66. The van der Waals surface area contributed by atoms with E-state index in [2.05, 4.69) is 27.6 Å². The molecule has 7 heteroatoms. The number of aromatic nitrogens is 1. The lowest BCUT2D eigenvalue weighted by Gasteiger charge is -2.30. The molecule has 1 aliphatic rings. The van der Waals surface area contributed by atoms with Gasteiger partial charge in [-0.15, -0.1) is 0 Å². The van der Waals surface area contributed by atoms with Gasteiger partial charge in [-0.1, -0.05) is 24.3 Å². The van der Waals surface area contributed by atoms with Gasteiger partial charge in [0.15, 0.2) is 0 Å². The molecule has 4 rings (SSSR count). The lowest BCUT2D eigenvalue weighted by Crippen LogP contribution is -2.46. The van der Waals surface area contributed by atoms with E-state index in [1.165, 1.54) is 0 Å². The third-order valence-electron chi connectivity index (χ3n) is 6.32. The van der Waals surface area contributed by atoms with Crippen LogP contribution >= 0.6 is 0 Å². The maximum absolute atomic E-state index is 12.9. The Kier molecular flexibility index (Phi) is 7.46. The molecule has 0 unspecified atom stereocenters. The molecule has 1 aliphatic heterocycles. The number of nitrogens with one attached hydrogen (secondary N) is 3. The molecule has 1 saturated heterocycles. The van der Waals surface area contributed by atoms with Crippen molar-refractivity contribution in [1.82, 2.24) is 15.2 Å². The number of anilines is 1. The Morgan fingerprint density at radius 1 is 1.17 bits per heavy atom. The van der Waals surface area contributed by atoms with Crippen LogP contribution in [0.15, 0.2) is 54.7 Å². The summed E-state index contributed by atoms with van der Waals surface area (Å²) in [4.78, 5) is 19.5. The summed E-state index contributed by atoms with van der Waals surface area (Å²) < 4.78 is 6.06. The quantitative estimate of drug-likeness (QED) is 0.403. The van der Waals surface area contributed by atoms with Crippen molar-refractivity contribution in [2.45, 2.75) is 32.7 Å². The Morgan fingerprint density at radius 2 is 1.97 bits per heavy atom. The lowest BCUT2D eigenvalue weighted by atomic mass is 9.98. The van der Waals surface area contributed by atoms with Crippen molar-refractivity contribution in [2.24, 2.45) is 0 Å². The molecule has 1 amide bonds. The number of amides is 1. The van der Waals surface area contributed by atoms with Crippen LogP contribution in [0.4, 0.5) is 5.69 Å². The van der Waals surface area contributed by atoms with Crippen LogP contribution in [0.25, 0.3) is 11.1 Å². The zero-order valence-corrected chi connectivity index (χ0v) is 20.8. The topological polar surface area (TPSA) is 90.3 Å². The Hall–Kier alpha value is -3.71. The SMILES string of the molecule is CNc1cc(Oc2cccc(-c3ccc(C(=O)N[C@@H]4CCCN(C)C4)c(C)c3)c2)cnc1C(C)=N.[HH]. The van der Waals surface area contributed by atoms with E-state index in [9.17, 15) is 4.79 Å². The first-order chi connectivity index (χ1) is 16.8. The van der Waals surface area contributed by atoms with Gasteiger partial charge in [0.2, 0.25) is 0 Å². The second kappa shape index (κ2) is 10.7. The molecule has 7 nitrogen and oxygen atoms in total. The molecule has 0 bridgehead atoms. The molecular formula is C28H35N5O2. The molecule has 0 aliphatic carbocycles. The highest BCUT2D eigenvalue weighted by Crippen LogP contribution is 2.30. The molecule has 2 aromatic carbocycles. The number of carbonyl (C=O) groups excluding carboxylic acids is 1. The Balaban J connectivity index is 0.00000361. The van der Waals surface area contributed by atoms with Crippen LogP contribution in [0.3, 0.4) is 0 Å². The molecule has 1 atom stereocenters. The molecule has 0 saturated carbocycles. The largest absolute Gasteiger partial charge is 0.456 e. The lowest BCUT2D eigenvalue weighted by molar-refractivity contribution is 0.0912. The third kappa shape index (κ3) is 5.87. The molecule has 3 N–H and O–H groups in total. The number of hydrogen-bond donors (Lipinski definition) is 3. The van der Waals surface area contributed by atoms with Crippen LogP contribution in [0.2, 0.25) is 0 Å². The Bertz CT molecular complexity index is 1250. The highest BCUT2D eigenvalue weighted by Gasteiger charge is 2.20. The molecular weight excluding hydrogens is 438 g/mol. The molecule has 1 fully saturated rings. The average molecular weight is 474 g/mol. The van der Waals surface area contributed by atoms with E-state index in [1.807, 2.05) is 55.5 Å². The van der Waals surface area contributed by atoms with Crippen LogP contribution in [0, 0.1) is 12.3 Å². The zero-order chi connectivity index (χ0) is 24.9. The van der Waals surface area contributed by atoms with Crippen molar-refractivity contribution in [3.63, 3.8) is 0 Å². The van der Waals surface area contributed by atoms with Gasteiger partial charge in [0.25, 0.3) is 5.91 Å². The molecule has 0 spiro atoms. The highest BCUT2D eigenvalue weighted by molar-refractivity contribution is 5.99. The minimum atomic E-state index is -0.0112. The number of likely N-dealkylation sites (N-methyl/N-ethyl adjacent to an activating group) is 1. The summed E-state index contributed by atoms with van der Waals surface area (Å²) in [6.07, 6.45) is 3.76. The summed E-state index contributed by atoms with van der Waals surface area (Å²) in [7, 11) is 3.90. The standard InChI is InChI=1S/C28H33N5O2.H2/c1-18-13-21(10-11-25(18)28(34)32-22-8-6-12-33(4)17-22)20-7-5-9-23(14-20)35-24-15-26(30-3)27(19(2)29)31-16-24;/h5,7,9-11,13-16,22,29-30H,6,8,12,17H2,1-4H3,(H,32,34);1H/t22-;/m1./s1. The second-order valence-corrected chi connectivity index (χ2v) is 9.18. The van der Waals surface area contributed by atoms with Crippen molar-refractivity contribution < 1.29 is 11.0 Å². The number of ether oxygens (including phenoxy) is 1. The fraction of sp³-hybridized carbons (Fsp3) is 0.321. The van der Waals surface area contributed by atoms with Crippen LogP contribution in [-0.2, 0) is 0 Å². The number of benzene rings is 2. The van der Waals surface area contributed by atoms with Crippen molar-refractivity contribution >= 4 is 17.3 Å². The molecule has 184 valence electrons. The minimum Gasteiger partial charge on any atom is -0.456 e. The maximum Gasteiger partial charge on any atom is 0.251 e. The van der Waals surface area contributed by atoms with Crippen molar-refractivity contribution in [2.75, 3.05) is 32.5 Å². The molecule has 2 heterocycles. The predicted molar refractivity (Wildman–Crippen MR) is 143 cm³/mol. The number of likely N-dealkylation sites (tertiary alicyclic amines) is 1. The maximum atomic E-state index is 12.9. The van der Waals surface area contributed by atoms with Gasteiger partial charge in [-0.3, -0.25) is 4.79 Å². The normalized spacial score (nSPS) is 15.9. The van der Waals surface area contributed by atoms with E-state index >= 15 is 0 Å². The van der Waals surface area contributed by atoms with E-state index in [0.29, 0.717) is 28.5 Å². The number of rotatable bonds is 7. The number of hydrogen-bond acceptors (Lipinski definition) is 6. The Morgan fingerprint density at radius 3 is 2.69 bits per heavy atom. The predicted octanol–water partition coefficient (Wildman–Crippen LogP) is 5.35. The van der Waals surface area contributed by atoms with E-state index < -0.39 is 0 Å². The minimum absolute atomic E-state index is 0. The average Bonchev–Trinajstić information content (AvgIpc) is 2.83. The van der Waals surface area contributed by atoms with E-state index in [0.717, 1.165) is 48.3 Å². The first-order valence-electron chi connectivity index (χ1n) is 12.0. The molecule has 1 aromatic heterocycles. The van der Waals surface area contributed by atoms with E-state index in [1.54, 1.807) is 20.2 Å². The summed E-state index contributed by atoms with van der Waals surface area (Å²) in [5.41, 5.74) is 5.41. The first kappa shape index (κ1) is 24.4. The van der Waals surface area contributed by atoms with Gasteiger partial charge in [0.05, 0.1) is 17.6 Å². The fourth-order valence-corrected chi connectivity index (χ4v) is 4.51. The van der Waals surface area contributed by atoms with E-state index in [4.69, 9.17) is 10.1 Å². The van der Waals surface area contributed by atoms with Gasteiger partial charge in [-0.25, -0.2) is 4.98 Å². The number of pyridine rings is 1. The summed E-state index contributed by atoms with van der Waals surface area (Å²) in [5, 5.41) is 14.1. The van der Waals surface area contributed by atoms with E-state index in [-0.39, 0.29) is 13.4 Å².